The summed E-state index contributed by atoms with van der Waals surface area (Å²) in [7, 11) is -3.56. The molecule has 1 aromatic carbocycles. The molecule has 0 aromatic heterocycles. The van der Waals surface area contributed by atoms with Gasteiger partial charge in [0.05, 0.1) is 0 Å². The lowest BCUT2D eigenvalue weighted by Gasteiger charge is -2.12. The van der Waals surface area contributed by atoms with Crippen LogP contribution in [0.4, 0.5) is 0 Å². The third kappa shape index (κ3) is 2.66. The van der Waals surface area contributed by atoms with Crippen LogP contribution in [0.5, 0.6) is 0 Å². The normalized spacial score (nSPS) is 13.6. The Labute approximate surface area is 86.7 Å². The largest absolute Gasteiger partial charge is 0.292 e. The van der Waals surface area contributed by atoms with E-state index in [4.69, 9.17) is 22.6 Å². The van der Waals surface area contributed by atoms with E-state index in [1.807, 2.05) is 0 Å². The average Bonchev–Trinajstić information content (AvgIpc) is 2.15. The van der Waals surface area contributed by atoms with Gasteiger partial charge in [0.2, 0.25) is 7.44 Å². The van der Waals surface area contributed by atoms with Crippen molar-refractivity contribution in [3.05, 3.63) is 35.9 Å². The maximum atomic E-state index is 11.5. The van der Waals surface area contributed by atoms with Crippen LogP contribution < -0.4 is 11.0 Å². The highest BCUT2D eigenvalue weighted by Crippen LogP contribution is 2.37. The summed E-state index contributed by atoms with van der Waals surface area (Å²) in [5, 5.41) is -1.36. The van der Waals surface area contributed by atoms with E-state index in [9.17, 15) is 9.36 Å². The third-order valence-electron chi connectivity index (χ3n) is 1.63. The highest BCUT2D eigenvalue weighted by molar-refractivity contribution is 7.62. The smallest absolute Gasteiger partial charge is 0.231 e. The predicted molar refractivity (Wildman–Crippen MR) is 56.4 cm³/mol. The number of nitrogens with two attached hydrogens (primary N) is 2. The minimum atomic E-state index is -3.56. The molecule has 4 nitrogen and oxygen atoms in total. The predicted octanol–water partition coefficient (Wildman–Crippen LogP) is 1.54. The van der Waals surface area contributed by atoms with Crippen LogP contribution in [0.3, 0.4) is 0 Å². The highest BCUT2D eigenvalue weighted by Gasteiger charge is 2.30. The second-order valence-corrected chi connectivity index (χ2v) is 5.61. The van der Waals surface area contributed by atoms with Crippen molar-refractivity contribution < 1.29 is 9.36 Å². The highest BCUT2D eigenvalue weighted by atomic mass is 35.5. The van der Waals surface area contributed by atoms with E-state index in [1.165, 1.54) is 0 Å². The Kier molecular flexibility index (Phi) is 3.45. The van der Waals surface area contributed by atoms with E-state index < -0.39 is 18.3 Å². The Morgan fingerprint density at radius 2 is 1.79 bits per heavy atom. The Balaban J connectivity index is 2.93. The van der Waals surface area contributed by atoms with Gasteiger partial charge in [0.1, 0.15) is 0 Å². The van der Waals surface area contributed by atoms with Crippen LogP contribution in [0, 0.1) is 0 Å². The topological polar surface area (TPSA) is 86.2 Å². The van der Waals surface area contributed by atoms with Crippen LogP contribution in [-0.2, 0) is 4.57 Å². The molecule has 0 amide bonds. The van der Waals surface area contributed by atoms with Gasteiger partial charge in [0.15, 0.2) is 10.9 Å². The minimum absolute atomic E-state index is 0.351. The minimum Gasteiger partial charge on any atom is -0.292 e. The standard InChI is InChI=1S/C8H10ClN2O2P/c9-8(14(10,11)13)7(12)6-4-2-1-3-5-6/h1-5,8H,(H4,10,11,13). The van der Waals surface area contributed by atoms with Crippen molar-refractivity contribution in [2.24, 2.45) is 11.0 Å². The fourth-order valence-electron chi connectivity index (χ4n) is 0.923. The number of rotatable bonds is 3. The summed E-state index contributed by atoms with van der Waals surface area (Å²) in [6.07, 6.45) is 0. The number of benzene rings is 1. The van der Waals surface area contributed by atoms with Crippen molar-refractivity contribution in [1.29, 1.82) is 0 Å². The molecule has 6 heteroatoms. The molecule has 1 rings (SSSR count). The zero-order chi connectivity index (χ0) is 10.8. The molecule has 0 aliphatic heterocycles. The number of Topliss-reactive ketones (excluding diaryl/α,β-unsaturated/α-hetero) is 1. The molecule has 0 saturated carbocycles. The molecule has 0 fully saturated rings. The molecule has 1 unspecified atom stereocenters. The van der Waals surface area contributed by atoms with Gasteiger partial charge in [-0.25, -0.2) is 0 Å². The first-order valence-corrected chi connectivity index (χ1v) is 6.18. The molecule has 0 bridgehead atoms. The summed E-state index contributed by atoms with van der Waals surface area (Å²) in [5.74, 6) is -0.513. The van der Waals surface area contributed by atoms with Gasteiger partial charge >= 0.3 is 0 Å². The Bertz CT molecular complexity index is 376. The molecule has 0 heterocycles. The number of carbonyl (C=O) groups is 1. The van der Waals surface area contributed by atoms with Gasteiger partial charge in [-0.2, -0.15) is 0 Å². The SMILES string of the molecule is NP(N)(=O)C(Cl)C(=O)c1ccccc1. The van der Waals surface area contributed by atoms with Crippen LogP contribution >= 0.6 is 19.0 Å². The summed E-state index contributed by atoms with van der Waals surface area (Å²) >= 11 is 5.58. The lowest BCUT2D eigenvalue weighted by Crippen LogP contribution is -2.23. The number of carbonyl (C=O) groups excluding carboxylic acids is 1. The number of ketones is 1. The van der Waals surface area contributed by atoms with Gasteiger partial charge in [-0.05, 0) is 0 Å². The number of halogens is 1. The fourth-order valence-corrected chi connectivity index (χ4v) is 1.56. The number of alkyl halides is 1. The van der Waals surface area contributed by atoms with E-state index in [0.717, 1.165) is 0 Å². The summed E-state index contributed by atoms with van der Waals surface area (Å²) in [6, 6.07) is 8.23. The maximum absolute atomic E-state index is 11.5. The van der Waals surface area contributed by atoms with Crippen LogP contribution in [0.2, 0.25) is 0 Å². The third-order valence-corrected chi connectivity index (χ3v) is 3.69. The first kappa shape index (κ1) is 11.4. The average molecular weight is 233 g/mol. The first-order valence-electron chi connectivity index (χ1n) is 3.83. The van der Waals surface area contributed by atoms with E-state index in [1.54, 1.807) is 30.3 Å². The summed E-state index contributed by atoms with van der Waals surface area (Å²) in [5.41, 5.74) is 10.5. The van der Waals surface area contributed by atoms with E-state index in [-0.39, 0.29) is 0 Å². The van der Waals surface area contributed by atoms with Crippen molar-refractivity contribution >= 4 is 24.8 Å². The fraction of sp³-hybridized carbons (Fsp3) is 0.125. The summed E-state index contributed by atoms with van der Waals surface area (Å²) < 4.78 is 11.1. The van der Waals surface area contributed by atoms with Crippen LogP contribution in [0.15, 0.2) is 30.3 Å². The van der Waals surface area contributed by atoms with Crippen molar-refractivity contribution in [3.8, 4) is 0 Å². The zero-order valence-electron chi connectivity index (χ0n) is 7.26. The molecule has 0 saturated heterocycles. The first-order chi connectivity index (χ1) is 6.43. The van der Waals surface area contributed by atoms with E-state index in [0.29, 0.717) is 5.56 Å². The van der Waals surface area contributed by atoms with Gasteiger partial charge in [-0.15, -0.1) is 11.6 Å². The Morgan fingerprint density at radius 1 is 1.29 bits per heavy atom. The number of hydrogen-bond donors (Lipinski definition) is 2. The molecule has 1 aromatic rings. The molecule has 0 radical (unpaired) electrons. The summed E-state index contributed by atoms with van der Waals surface area (Å²) in [6.45, 7) is 0. The van der Waals surface area contributed by atoms with Crippen molar-refractivity contribution in [2.75, 3.05) is 0 Å². The molecule has 1 atom stereocenters. The second-order valence-electron chi connectivity index (χ2n) is 2.83. The van der Waals surface area contributed by atoms with Crippen molar-refractivity contribution in [1.82, 2.24) is 0 Å². The molecule has 0 aliphatic rings. The molecular weight excluding hydrogens is 223 g/mol. The van der Waals surface area contributed by atoms with E-state index >= 15 is 0 Å². The van der Waals surface area contributed by atoms with Gasteiger partial charge < -0.3 is 0 Å². The molecule has 0 spiro atoms. The van der Waals surface area contributed by atoms with Gasteiger partial charge in [-0.3, -0.25) is 20.4 Å². The number of hydrogen-bond acceptors (Lipinski definition) is 2. The van der Waals surface area contributed by atoms with Gasteiger partial charge in [0.25, 0.3) is 0 Å². The lowest BCUT2D eigenvalue weighted by molar-refractivity contribution is 0.101. The molecule has 0 aliphatic carbocycles. The molecule has 4 N–H and O–H groups in total. The maximum Gasteiger partial charge on any atom is 0.231 e. The molecule has 14 heavy (non-hydrogen) atoms. The van der Waals surface area contributed by atoms with Crippen molar-refractivity contribution in [2.45, 2.75) is 5.12 Å². The monoisotopic (exact) mass is 232 g/mol. The van der Waals surface area contributed by atoms with Crippen LogP contribution in [0.1, 0.15) is 10.4 Å². The Hall–Kier alpha value is -0.670. The van der Waals surface area contributed by atoms with Crippen LogP contribution in [-0.4, -0.2) is 10.9 Å². The van der Waals surface area contributed by atoms with Crippen molar-refractivity contribution in [3.63, 3.8) is 0 Å². The van der Waals surface area contributed by atoms with Gasteiger partial charge in [0, 0.05) is 5.56 Å². The van der Waals surface area contributed by atoms with E-state index in [2.05, 4.69) is 0 Å². The summed E-state index contributed by atoms with van der Waals surface area (Å²) in [4.78, 5) is 11.5. The quantitative estimate of drug-likeness (QED) is 0.470. The molecular formula is C8H10ClN2O2P. The Morgan fingerprint density at radius 3 is 2.21 bits per heavy atom. The second kappa shape index (κ2) is 4.24. The van der Waals surface area contributed by atoms with Gasteiger partial charge in [-0.1, -0.05) is 30.3 Å². The molecule has 76 valence electrons. The zero-order valence-corrected chi connectivity index (χ0v) is 8.91. The lowest BCUT2D eigenvalue weighted by atomic mass is 10.1. The van der Waals surface area contributed by atoms with Crippen LogP contribution in [0.25, 0.3) is 0 Å².